The molecule has 0 fully saturated rings. The van der Waals surface area contributed by atoms with Crippen LogP contribution >= 0.6 is 0 Å². The summed E-state index contributed by atoms with van der Waals surface area (Å²) in [5, 5.41) is 12.4. The van der Waals surface area contributed by atoms with Gasteiger partial charge in [0.1, 0.15) is 0 Å². The van der Waals surface area contributed by atoms with Crippen LogP contribution in [0.15, 0.2) is 36.4 Å². The molecule has 0 atom stereocenters. The summed E-state index contributed by atoms with van der Waals surface area (Å²) in [5.74, 6) is 1.12. The third kappa shape index (κ3) is 3.03. The highest BCUT2D eigenvalue weighted by atomic mass is 16.5. The van der Waals surface area contributed by atoms with Crippen molar-refractivity contribution < 1.29 is 4.74 Å². The Bertz CT molecular complexity index is 751. The van der Waals surface area contributed by atoms with Crippen molar-refractivity contribution in [1.29, 1.82) is 0 Å². The molecule has 1 aromatic carbocycles. The van der Waals surface area contributed by atoms with E-state index in [9.17, 15) is 0 Å². The fourth-order valence-electron chi connectivity index (χ4n) is 2.19. The normalized spacial score (nSPS) is 11.0. The molecule has 0 spiro atoms. The first-order valence-corrected chi connectivity index (χ1v) is 7.05. The molecular formula is C16H18N4O. The Hall–Kier alpha value is -2.40. The molecule has 0 aliphatic rings. The molecule has 0 saturated heterocycles. The second kappa shape index (κ2) is 5.93. The van der Waals surface area contributed by atoms with Crippen LogP contribution in [0.1, 0.15) is 18.3 Å². The number of pyridine rings is 1. The molecular weight excluding hydrogens is 264 g/mol. The lowest BCUT2D eigenvalue weighted by atomic mass is 10.1. The predicted molar refractivity (Wildman–Crippen MR) is 82.5 cm³/mol. The molecule has 0 amide bonds. The van der Waals surface area contributed by atoms with E-state index in [0.717, 1.165) is 35.2 Å². The summed E-state index contributed by atoms with van der Waals surface area (Å²) in [6.07, 6.45) is 0. The van der Waals surface area contributed by atoms with Crippen LogP contribution in [0.3, 0.4) is 0 Å². The van der Waals surface area contributed by atoms with Crippen molar-refractivity contribution in [2.75, 3.05) is 6.54 Å². The smallest absolute Gasteiger partial charge is 0.240 e. The van der Waals surface area contributed by atoms with Crippen LogP contribution in [0, 0.1) is 6.92 Å². The topological polar surface area (TPSA) is 62.8 Å². The van der Waals surface area contributed by atoms with Crippen molar-refractivity contribution in [3.05, 3.63) is 47.8 Å². The largest absolute Gasteiger partial charge is 0.418 e. The number of aromatic amines is 1. The van der Waals surface area contributed by atoms with E-state index in [4.69, 9.17) is 4.74 Å². The van der Waals surface area contributed by atoms with E-state index >= 15 is 0 Å². The van der Waals surface area contributed by atoms with Gasteiger partial charge < -0.3 is 10.1 Å². The Morgan fingerprint density at radius 3 is 2.86 bits per heavy atom. The maximum Gasteiger partial charge on any atom is 0.240 e. The van der Waals surface area contributed by atoms with Gasteiger partial charge in [0.2, 0.25) is 11.8 Å². The molecule has 3 rings (SSSR count). The first-order chi connectivity index (χ1) is 10.3. The quantitative estimate of drug-likeness (QED) is 0.754. The molecule has 2 aromatic heterocycles. The van der Waals surface area contributed by atoms with E-state index in [1.54, 1.807) is 0 Å². The molecule has 108 valence electrons. The second-order valence-electron chi connectivity index (χ2n) is 4.91. The SMILES string of the molecule is CCNCc1cc2ccccc2c(Oc2cc(C)[nH]n2)n1. The van der Waals surface area contributed by atoms with Gasteiger partial charge in [0.25, 0.3) is 0 Å². The molecule has 3 aromatic rings. The van der Waals surface area contributed by atoms with Crippen LogP contribution in [0.4, 0.5) is 0 Å². The van der Waals surface area contributed by atoms with Gasteiger partial charge in [-0.05, 0) is 31.0 Å². The Balaban J connectivity index is 2.01. The van der Waals surface area contributed by atoms with Crippen molar-refractivity contribution in [2.24, 2.45) is 0 Å². The summed E-state index contributed by atoms with van der Waals surface area (Å²) in [6, 6.07) is 12.0. The third-order valence-corrected chi connectivity index (χ3v) is 3.20. The highest BCUT2D eigenvalue weighted by Crippen LogP contribution is 2.28. The van der Waals surface area contributed by atoms with Crippen LogP contribution in [0.25, 0.3) is 10.8 Å². The zero-order valence-electron chi connectivity index (χ0n) is 12.2. The molecule has 2 N–H and O–H groups in total. The first-order valence-electron chi connectivity index (χ1n) is 7.05. The Morgan fingerprint density at radius 2 is 2.10 bits per heavy atom. The Kier molecular flexibility index (Phi) is 3.83. The average molecular weight is 282 g/mol. The fourth-order valence-corrected chi connectivity index (χ4v) is 2.19. The lowest BCUT2D eigenvalue weighted by Crippen LogP contribution is -2.13. The first kappa shape index (κ1) is 13.6. The molecule has 0 aliphatic carbocycles. The molecule has 5 nitrogen and oxygen atoms in total. The van der Waals surface area contributed by atoms with Crippen molar-refractivity contribution in [3.8, 4) is 11.8 Å². The number of H-pyrrole nitrogens is 1. The van der Waals surface area contributed by atoms with Gasteiger partial charge in [0, 0.05) is 23.7 Å². The number of nitrogens with one attached hydrogen (secondary N) is 2. The number of aryl methyl sites for hydroxylation is 1. The Morgan fingerprint density at radius 1 is 1.24 bits per heavy atom. The lowest BCUT2D eigenvalue weighted by Gasteiger charge is -2.09. The maximum atomic E-state index is 5.85. The van der Waals surface area contributed by atoms with Crippen LogP contribution in [0.5, 0.6) is 11.8 Å². The van der Waals surface area contributed by atoms with Gasteiger partial charge in [-0.3, -0.25) is 5.10 Å². The summed E-state index contributed by atoms with van der Waals surface area (Å²) >= 11 is 0. The molecule has 0 unspecified atom stereocenters. The van der Waals surface area contributed by atoms with Gasteiger partial charge in [-0.2, -0.15) is 0 Å². The van der Waals surface area contributed by atoms with E-state index < -0.39 is 0 Å². The molecule has 5 heteroatoms. The molecule has 2 heterocycles. The standard InChI is InChI=1S/C16H18N4O/c1-3-17-10-13-9-12-6-4-5-7-14(12)16(18-13)21-15-8-11(2)19-20-15/h4-9,17H,3,10H2,1-2H3,(H,19,20). The van der Waals surface area contributed by atoms with E-state index in [1.807, 2.05) is 31.2 Å². The second-order valence-corrected chi connectivity index (χ2v) is 4.91. The van der Waals surface area contributed by atoms with E-state index in [1.165, 1.54) is 0 Å². The van der Waals surface area contributed by atoms with Crippen LogP contribution in [-0.2, 0) is 6.54 Å². The Labute approximate surface area is 123 Å². The van der Waals surface area contributed by atoms with Gasteiger partial charge in [-0.25, -0.2) is 4.98 Å². The summed E-state index contributed by atoms with van der Waals surface area (Å²) < 4.78 is 5.85. The number of ether oxygens (including phenoxy) is 1. The molecule has 21 heavy (non-hydrogen) atoms. The van der Waals surface area contributed by atoms with Crippen molar-refractivity contribution in [2.45, 2.75) is 20.4 Å². The monoisotopic (exact) mass is 282 g/mol. The van der Waals surface area contributed by atoms with Gasteiger partial charge in [0.15, 0.2) is 0 Å². The summed E-state index contributed by atoms with van der Waals surface area (Å²) in [5.41, 5.74) is 1.91. The van der Waals surface area contributed by atoms with Gasteiger partial charge >= 0.3 is 0 Å². The van der Waals surface area contributed by atoms with Crippen LogP contribution in [0.2, 0.25) is 0 Å². The number of rotatable bonds is 5. The zero-order chi connectivity index (χ0) is 14.7. The summed E-state index contributed by atoms with van der Waals surface area (Å²) in [4.78, 5) is 4.60. The minimum atomic E-state index is 0.533. The lowest BCUT2D eigenvalue weighted by molar-refractivity contribution is 0.446. The van der Waals surface area contributed by atoms with Gasteiger partial charge in [-0.15, -0.1) is 5.10 Å². The van der Waals surface area contributed by atoms with Gasteiger partial charge in [0.05, 0.1) is 5.69 Å². The number of fused-ring (bicyclic) bond motifs is 1. The third-order valence-electron chi connectivity index (χ3n) is 3.20. The number of nitrogens with zero attached hydrogens (tertiary/aromatic N) is 2. The van der Waals surface area contributed by atoms with Crippen molar-refractivity contribution in [1.82, 2.24) is 20.5 Å². The molecule has 0 saturated carbocycles. The molecule has 0 bridgehead atoms. The van der Waals surface area contributed by atoms with Crippen LogP contribution < -0.4 is 10.1 Å². The van der Waals surface area contributed by atoms with E-state index in [2.05, 4.69) is 39.6 Å². The summed E-state index contributed by atoms with van der Waals surface area (Å²) in [7, 11) is 0. The highest BCUT2D eigenvalue weighted by Gasteiger charge is 2.09. The summed E-state index contributed by atoms with van der Waals surface area (Å²) in [6.45, 7) is 5.64. The molecule has 0 radical (unpaired) electrons. The number of aromatic nitrogens is 3. The van der Waals surface area contributed by atoms with E-state index in [-0.39, 0.29) is 0 Å². The highest BCUT2D eigenvalue weighted by molar-refractivity contribution is 5.87. The maximum absolute atomic E-state index is 5.85. The molecule has 0 aliphatic heterocycles. The van der Waals surface area contributed by atoms with Crippen molar-refractivity contribution in [3.63, 3.8) is 0 Å². The van der Waals surface area contributed by atoms with Gasteiger partial charge in [-0.1, -0.05) is 25.1 Å². The zero-order valence-corrected chi connectivity index (χ0v) is 12.2. The predicted octanol–water partition coefficient (Wildman–Crippen LogP) is 3.17. The average Bonchev–Trinajstić information content (AvgIpc) is 2.90. The minimum Gasteiger partial charge on any atom is -0.418 e. The fraction of sp³-hybridized carbons (Fsp3) is 0.250. The number of hydrogen-bond acceptors (Lipinski definition) is 4. The van der Waals surface area contributed by atoms with Crippen molar-refractivity contribution >= 4 is 10.8 Å². The van der Waals surface area contributed by atoms with Crippen LogP contribution in [-0.4, -0.2) is 21.7 Å². The number of benzene rings is 1. The minimum absolute atomic E-state index is 0.533. The number of hydrogen-bond donors (Lipinski definition) is 2. The van der Waals surface area contributed by atoms with E-state index in [0.29, 0.717) is 11.8 Å².